The van der Waals surface area contributed by atoms with Gasteiger partial charge in [0.25, 0.3) is 0 Å². The maximum Gasteiger partial charge on any atom is 0.246 e. The summed E-state index contributed by atoms with van der Waals surface area (Å²) in [5.74, 6) is -3.18. The Labute approximate surface area is 174 Å². The van der Waals surface area contributed by atoms with E-state index in [1.165, 1.54) is 6.07 Å². The van der Waals surface area contributed by atoms with Gasteiger partial charge in [0.1, 0.15) is 27.9 Å². The van der Waals surface area contributed by atoms with E-state index in [-0.39, 0.29) is 42.5 Å². The third-order valence-electron chi connectivity index (χ3n) is 4.94. The Morgan fingerprint density at radius 1 is 1.10 bits per heavy atom. The zero-order valence-corrected chi connectivity index (χ0v) is 17.1. The first-order valence-electron chi connectivity index (χ1n) is 9.07. The van der Waals surface area contributed by atoms with Crippen molar-refractivity contribution in [2.24, 2.45) is 5.92 Å². The monoisotopic (exact) mass is 455 g/mol. The van der Waals surface area contributed by atoms with E-state index in [1.54, 1.807) is 12.1 Å². The third-order valence-corrected chi connectivity index (χ3v) is 7.79. The van der Waals surface area contributed by atoms with Crippen LogP contribution in [-0.4, -0.2) is 36.7 Å². The molecule has 0 spiro atoms. The SMILES string of the molecule is O=C(Nc1nc2c(F)cccc2s1)C1CCN(S(=O)(=O)c2cc(F)ccc2F)CC1. The summed E-state index contributed by atoms with van der Waals surface area (Å²) in [5, 5.41) is 2.92. The van der Waals surface area contributed by atoms with Crippen molar-refractivity contribution in [1.82, 2.24) is 9.29 Å². The van der Waals surface area contributed by atoms with Gasteiger partial charge in [-0.1, -0.05) is 17.4 Å². The van der Waals surface area contributed by atoms with Crippen LogP contribution in [0.1, 0.15) is 12.8 Å². The number of rotatable bonds is 4. The Kier molecular flexibility index (Phi) is 5.51. The normalized spacial score (nSPS) is 16.1. The molecular weight excluding hydrogens is 439 g/mol. The lowest BCUT2D eigenvalue weighted by molar-refractivity contribution is -0.120. The van der Waals surface area contributed by atoms with Crippen molar-refractivity contribution in [2.75, 3.05) is 18.4 Å². The van der Waals surface area contributed by atoms with E-state index < -0.39 is 38.3 Å². The van der Waals surface area contributed by atoms with E-state index in [9.17, 15) is 26.4 Å². The molecule has 1 fully saturated rings. The number of piperidine rings is 1. The number of nitrogens with zero attached hydrogens (tertiary/aromatic N) is 2. The van der Waals surface area contributed by atoms with Crippen molar-refractivity contribution in [1.29, 1.82) is 0 Å². The van der Waals surface area contributed by atoms with Gasteiger partial charge in [-0.05, 0) is 43.2 Å². The lowest BCUT2D eigenvalue weighted by atomic mass is 9.97. The Bertz CT molecular complexity index is 1220. The molecule has 0 atom stereocenters. The summed E-state index contributed by atoms with van der Waals surface area (Å²) in [6, 6.07) is 6.79. The Morgan fingerprint density at radius 2 is 1.83 bits per heavy atom. The molecule has 1 amide bonds. The van der Waals surface area contributed by atoms with Crippen molar-refractivity contribution in [2.45, 2.75) is 17.7 Å². The molecule has 158 valence electrons. The van der Waals surface area contributed by atoms with Crippen molar-refractivity contribution in [3.8, 4) is 0 Å². The van der Waals surface area contributed by atoms with Crippen molar-refractivity contribution in [3.05, 3.63) is 53.8 Å². The van der Waals surface area contributed by atoms with Crippen LogP contribution >= 0.6 is 11.3 Å². The second kappa shape index (κ2) is 7.97. The first-order chi connectivity index (χ1) is 14.3. The zero-order chi connectivity index (χ0) is 21.5. The van der Waals surface area contributed by atoms with Crippen LogP contribution in [0.2, 0.25) is 0 Å². The van der Waals surface area contributed by atoms with Gasteiger partial charge in [0.2, 0.25) is 15.9 Å². The molecule has 1 saturated heterocycles. The van der Waals surface area contributed by atoms with Gasteiger partial charge in [0, 0.05) is 19.0 Å². The van der Waals surface area contributed by atoms with E-state index in [4.69, 9.17) is 0 Å². The van der Waals surface area contributed by atoms with Gasteiger partial charge in [-0.3, -0.25) is 4.79 Å². The smallest absolute Gasteiger partial charge is 0.246 e. The summed E-state index contributed by atoms with van der Waals surface area (Å²) < 4.78 is 68.0. The summed E-state index contributed by atoms with van der Waals surface area (Å²) in [4.78, 5) is 15.9. The predicted octanol–water partition coefficient (Wildman–Crippen LogP) is 3.75. The molecule has 0 aliphatic carbocycles. The third kappa shape index (κ3) is 3.92. The zero-order valence-electron chi connectivity index (χ0n) is 15.4. The molecule has 1 aliphatic rings. The highest BCUT2D eigenvalue weighted by atomic mass is 32.2. The maximum absolute atomic E-state index is 13.9. The molecule has 3 aromatic rings. The van der Waals surface area contributed by atoms with Crippen LogP contribution < -0.4 is 5.32 Å². The molecule has 11 heteroatoms. The number of nitrogens with one attached hydrogen (secondary N) is 1. The second-order valence-electron chi connectivity index (χ2n) is 6.85. The molecule has 4 rings (SSSR count). The van der Waals surface area contributed by atoms with E-state index in [1.807, 2.05) is 0 Å². The van der Waals surface area contributed by atoms with Gasteiger partial charge in [-0.15, -0.1) is 0 Å². The molecule has 2 aromatic carbocycles. The molecule has 1 aliphatic heterocycles. The number of amides is 1. The second-order valence-corrected chi connectivity index (χ2v) is 9.78. The molecule has 30 heavy (non-hydrogen) atoms. The van der Waals surface area contributed by atoms with Gasteiger partial charge in [0.15, 0.2) is 5.13 Å². The minimum atomic E-state index is -4.21. The van der Waals surface area contributed by atoms with Crippen LogP contribution in [-0.2, 0) is 14.8 Å². The summed E-state index contributed by atoms with van der Waals surface area (Å²) in [6.07, 6.45) is 0.419. The Balaban J connectivity index is 1.43. The standard InChI is InChI=1S/C19H16F3N3O3S2/c20-12-4-5-13(21)16(10-12)30(27,28)25-8-6-11(7-9-25)18(26)24-19-23-17-14(22)2-1-3-15(17)29-19/h1-5,10-11H,6-9H2,(H,23,24,26). The van der Waals surface area contributed by atoms with E-state index in [0.29, 0.717) is 10.8 Å². The first-order valence-corrected chi connectivity index (χ1v) is 11.3. The number of para-hydroxylation sites is 1. The highest BCUT2D eigenvalue weighted by molar-refractivity contribution is 7.89. The lowest BCUT2D eigenvalue weighted by Gasteiger charge is -2.30. The molecule has 1 N–H and O–H groups in total. The fourth-order valence-corrected chi connectivity index (χ4v) is 5.78. The number of sulfonamides is 1. The Hall–Kier alpha value is -2.50. The first kappa shape index (κ1) is 20.8. The lowest BCUT2D eigenvalue weighted by Crippen LogP contribution is -2.41. The van der Waals surface area contributed by atoms with Crippen LogP contribution in [0.4, 0.5) is 18.3 Å². The largest absolute Gasteiger partial charge is 0.302 e. The molecule has 0 radical (unpaired) electrons. The minimum Gasteiger partial charge on any atom is -0.302 e. The van der Waals surface area contributed by atoms with Crippen LogP contribution in [0, 0.1) is 23.4 Å². The fraction of sp³-hybridized carbons (Fsp3) is 0.263. The quantitative estimate of drug-likeness (QED) is 0.650. The summed E-state index contributed by atoms with van der Waals surface area (Å²) in [7, 11) is -4.21. The molecule has 0 bridgehead atoms. The number of hydrogen-bond donors (Lipinski definition) is 1. The van der Waals surface area contributed by atoms with E-state index in [0.717, 1.165) is 27.8 Å². The van der Waals surface area contributed by atoms with Crippen LogP contribution in [0.25, 0.3) is 10.2 Å². The van der Waals surface area contributed by atoms with Gasteiger partial charge >= 0.3 is 0 Å². The van der Waals surface area contributed by atoms with Gasteiger partial charge in [-0.2, -0.15) is 4.31 Å². The number of benzene rings is 2. The highest BCUT2D eigenvalue weighted by Crippen LogP contribution is 2.30. The summed E-state index contributed by atoms with van der Waals surface area (Å²) in [6.45, 7) is -0.0182. The maximum atomic E-state index is 13.9. The van der Waals surface area contributed by atoms with Crippen LogP contribution in [0.5, 0.6) is 0 Å². The van der Waals surface area contributed by atoms with Crippen LogP contribution in [0.3, 0.4) is 0 Å². The molecule has 0 unspecified atom stereocenters. The number of anilines is 1. The number of thiazole rings is 1. The molecule has 1 aromatic heterocycles. The minimum absolute atomic E-state index is 0.00908. The van der Waals surface area contributed by atoms with Gasteiger partial charge in [0.05, 0.1) is 4.70 Å². The summed E-state index contributed by atoms with van der Waals surface area (Å²) in [5.41, 5.74) is 0.177. The van der Waals surface area contributed by atoms with Crippen molar-refractivity contribution in [3.63, 3.8) is 0 Å². The predicted molar refractivity (Wildman–Crippen MR) is 106 cm³/mol. The van der Waals surface area contributed by atoms with Crippen molar-refractivity contribution >= 4 is 42.6 Å². The average molecular weight is 455 g/mol. The number of halogens is 3. The number of aromatic nitrogens is 1. The highest BCUT2D eigenvalue weighted by Gasteiger charge is 2.34. The summed E-state index contributed by atoms with van der Waals surface area (Å²) >= 11 is 1.14. The topological polar surface area (TPSA) is 79.4 Å². The van der Waals surface area contributed by atoms with Crippen molar-refractivity contribution < 1.29 is 26.4 Å². The number of carbonyl (C=O) groups excluding carboxylic acids is 1. The number of carbonyl (C=O) groups is 1. The molecular formula is C19H16F3N3O3S2. The number of fused-ring (bicyclic) bond motifs is 1. The average Bonchev–Trinajstić information content (AvgIpc) is 3.13. The van der Waals surface area contributed by atoms with Gasteiger partial charge < -0.3 is 5.32 Å². The van der Waals surface area contributed by atoms with E-state index in [2.05, 4.69) is 10.3 Å². The molecule has 0 saturated carbocycles. The van der Waals surface area contributed by atoms with Gasteiger partial charge in [-0.25, -0.2) is 26.6 Å². The molecule has 2 heterocycles. The fourth-order valence-electron chi connectivity index (χ4n) is 3.35. The molecule has 6 nitrogen and oxygen atoms in total. The number of hydrogen-bond acceptors (Lipinski definition) is 5. The Morgan fingerprint density at radius 3 is 2.53 bits per heavy atom. The van der Waals surface area contributed by atoms with Crippen LogP contribution in [0.15, 0.2) is 41.3 Å². The van der Waals surface area contributed by atoms with E-state index >= 15 is 0 Å².